The number of piperidine rings is 1. The lowest BCUT2D eigenvalue weighted by Gasteiger charge is -2.30. The van der Waals surface area contributed by atoms with E-state index < -0.39 is 0 Å². The standard InChI is InChI=1S/C13H18N4/c1-10-7-13-12(8-14-10)15-9-17(13)11-3-5-16(2)6-4-11/h7-9,11H,3-6H2,1-2H3. The van der Waals surface area contributed by atoms with Gasteiger partial charge in [0.05, 0.1) is 18.0 Å². The second-order valence-electron chi connectivity index (χ2n) is 5.00. The molecule has 0 radical (unpaired) electrons. The van der Waals surface area contributed by atoms with Crippen molar-refractivity contribution in [3.63, 3.8) is 0 Å². The third-order valence-electron chi connectivity index (χ3n) is 3.68. The molecule has 1 aliphatic heterocycles. The maximum absolute atomic E-state index is 4.44. The van der Waals surface area contributed by atoms with Gasteiger partial charge >= 0.3 is 0 Å². The highest BCUT2D eigenvalue weighted by molar-refractivity contribution is 5.74. The Hall–Kier alpha value is -1.42. The minimum atomic E-state index is 0.595. The molecule has 0 spiro atoms. The van der Waals surface area contributed by atoms with Crippen LogP contribution in [-0.4, -0.2) is 39.6 Å². The summed E-state index contributed by atoms with van der Waals surface area (Å²) in [6.45, 7) is 4.38. The van der Waals surface area contributed by atoms with Gasteiger partial charge in [0.1, 0.15) is 5.52 Å². The van der Waals surface area contributed by atoms with E-state index in [1.165, 1.54) is 31.4 Å². The predicted octanol–water partition coefficient (Wildman–Crippen LogP) is 2.01. The summed E-state index contributed by atoms with van der Waals surface area (Å²) in [5.41, 5.74) is 3.30. The van der Waals surface area contributed by atoms with Gasteiger partial charge in [-0.2, -0.15) is 0 Å². The van der Waals surface area contributed by atoms with Crippen LogP contribution in [0.1, 0.15) is 24.6 Å². The van der Waals surface area contributed by atoms with E-state index in [4.69, 9.17) is 0 Å². The van der Waals surface area contributed by atoms with Crippen molar-refractivity contribution in [2.24, 2.45) is 0 Å². The third-order valence-corrected chi connectivity index (χ3v) is 3.68. The Bertz CT molecular complexity index is 523. The van der Waals surface area contributed by atoms with Crippen molar-refractivity contribution < 1.29 is 0 Å². The van der Waals surface area contributed by atoms with Crippen LogP contribution in [0.2, 0.25) is 0 Å². The summed E-state index contributed by atoms with van der Waals surface area (Å²) in [7, 11) is 2.19. The van der Waals surface area contributed by atoms with Crippen LogP contribution in [-0.2, 0) is 0 Å². The van der Waals surface area contributed by atoms with Crippen LogP contribution in [0.25, 0.3) is 11.0 Å². The zero-order chi connectivity index (χ0) is 11.8. The van der Waals surface area contributed by atoms with Crippen molar-refractivity contribution in [3.05, 3.63) is 24.3 Å². The molecule has 1 saturated heterocycles. The molecule has 0 unspecified atom stereocenters. The van der Waals surface area contributed by atoms with Gasteiger partial charge in [-0.1, -0.05) is 0 Å². The van der Waals surface area contributed by atoms with Crippen LogP contribution >= 0.6 is 0 Å². The lowest BCUT2D eigenvalue weighted by Crippen LogP contribution is -2.31. The normalized spacial score (nSPS) is 18.9. The summed E-state index contributed by atoms with van der Waals surface area (Å²) in [6, 6.07) is 2.73. The number of fused-ring (bicyclic) bond motifs is 1. The molecule has 90 valence electrons. The van der Waals surface area contributed by atoms with Gasteiger partial charge in [-0.25, -0.2) is 4.98 Å². The Balaban J connectivity index is 1.97. The smallest absolute Gasteiger partial charge is 0.107 e. The fourth-order valence-electron chi connectivity index (χ4n) is 2.60. The van der Waals surface area contributed by atoms with Crippen molar-refractivity contribution in [1.29, 1.82) is 0 Å². The van der Waals surface area contributed by atoms with E-state index in [-0.39, 0.29) is 0 Å². The summed E-state index contributed by atoms with van der Waals surface area (Å²) in [6.07, 6.45) is 6.27. The summed E-state index contributed by atoms with van der Waals surface area (Å²) in [4.78, 5) is 11.1. The lowest BCUT2D eigenvalue weighted by atomic mass is 10.1. The average Bonchev–Trinajstić information content (AvgIpc) is 2.73. The fraction of sp³-hybridized carbons (Fsp3) is 0.538. The van der Waals surface area contributed by atoms with Gasteiger partial charge in [-0.3, -0.25) is 4.98 Å². The van der Waals surface area contributed by atoms with Gasteiger partial charge in [-0.15, -0.1) is 0 Å². The Labute approximate surface area is 101 Å². The molecule has 0 aromatic carbocycles. The third kappa shape index (κ3) is 1.93. The molecule has 1 fully saturated rings. The lowest BCUT2D eigenvalue weighted by molar-refractivity contribution is 0.223. The minimum Gasteiger partial charge on any atom is -0.327 e. The topological polar surface area (TPSA) is 34.0 Å². The Morgan fingerprint density at radius 3 is 2.76 bits per heavy atom. The SMILES string of the molecule is Cc1cc2c(cn1)ncn2C1CCN(C)CC1. The first-order valence-electron chi connectivity index (χ1n) is 6.22. The van der Waals surface area contributed by atoms with Gasteiger partial charge in [0.2, 0.25) is 0 Å². The van der Waals surface area contributed by atoms with Gasteiger partial charge in [-0.05, 0) is 46.0 Å². The van der Waals surface area contributed by atoms with E-state index in [0.29, 0.717) is 6.04 Å². The molecule has 4 heteroatoms. The first-order valence-corrected chi connectivity index (χ1v) is 6.22. The van der Waals surface area contributed by atoms with Crippen molar-refractivity contribution in [1.82, 2.24) is 19.4 Å². The summed E-state index contributed by atoms with van der Waals surface area (Å²) in [5.74, 6) is 0. The second kappa shape index (κ2) is 4.11. The Morgan fingerprint density at radius 1 is 1.24 bits per heavy atom. The van der Waals surface area contributed by atoms with Crippen LogP contribution < -0.4 is 0 Å². The van der Waals surface area contributed by atoms with E-state index in [1.807, 2.05) is 19.4 Å². The number of pyridine rings is 1. The highest BCUT2D eigenvalue weighted by atomic mass is 15.1. The zero-order valence-electron chi connectivity index (χ0n) is 10.4. The van der Waals surface area contributed by atoms with Gasteiger partial charge in [0, 0.05) is 11.7 Å². The predicted molar refractivity (Wildman–Crippen MR) is 68.0 cm³/mol. The average molecular weight is 230 g/mol. The Kier molecular flexibility index (Phi) is 2.59. The number of aryl methyl sites for hydroxylation is 1. The fourth-order valence-corrected chi connectivity index (χ4v) is 2.60. The molecule has 2 aromatic rings. The number of likely N-dealkylation sites (tertiary alicyclic amines) is 1. The molecule has 0 atom stereocenters. The highest BCUT2D eigenvalue weighted by Crippen LogP contribution is 2.25. The van der Waals surface area contributed by atoms with E-state index in [0.717, 1.165) is 11.2 Å². The van der Waals surface area contributed by atoms with Crippen molar-refractivity contribution >= 4 is 11.0 Å². The zero-order valence-corrected chi connectivity index (χ0v) is 10.4. The minimum absolute atomic E-state index is 0.595. The molecule has 4 nitrogen and oxygen atoms in total. The van der Waals surface area contributed by atoms with Crippen molar-refractivity contribution in [2.75, 3.05) is 20.1 Å². The molecule has 17 heavy (non-hydrogen) atoms. The Morgan fingerprint density at radius 2 is 2.00 bits per heavy atom. The summed E-state index contributed by atoms with van der Waals surface area (Å²) in [5, 5.41) is 0. The highest BCUT2D eigenvalue weighted by Gasteiger charge is 2.19. The molecule has 0 bridgehead atoms. The van der Waals surface area contributed by atoms with Crippen molar-refractivity contribution in [3.8, 4) is 0 Å². The molecule has 3 heterocycles. The number of aromatic nitrogens is 3. The summed E-state index contributed by atoms with van der Waals surface area (Å²) < 4.78 is 2.33. The molecule has 0 aliphatic carbocycles. The first kappa shape index (κ1) is 10.7. The molecule has 1 aliphatic rings. The van der Waals surface area contributed by atoms with Crippen LogP contribution in [0.3, 0.4) is 0 Å². The monoisotopic (exact) mass is 230 g/mol. The maximum atomic E-state index is 4.44. The largest absolute Gasteiger partial charge is 0.327 e. The molecule has 3 rings (SSSR count). The van der Waals surface area contributed by atoms with Gasteiger partial charge in [0.25, 0.3) is 0 Å². The van der Waals surface area contributed by atoms with Gasteiger partial charge in [0.15, 0.2) is 0 Å². The maximum Gasteiger partial charge on any atom is 0.107 e. The molecule has 0 amide bonds. The first-order chi connectivity index (χ1) is 8.24. The number of hydrogen-bond acceptors (Lipinski definition) is 3. The van der Waals surface area contributed by atoms with Crippen LogP contribution in [0.5, 0.6) is 0 Å². The molecule has 0 saturated carbocycles. The summed E-state index contributed by atoms with van der Waals surface area (Å²) >= 11 is 0. The van der Waals surface area contributed by atoms with E-state index >= 15 is 0 Å². The molecular weight excluding hydrogens is 212 g/mol. The number of rotatable bonds is 1. The number of nitrogens with zero attached hydrogens (tertiary/aromatic N) is 4. The van der Waals surface area contributed by atoms with Crippen LogP contribution in [0.15, 0.2) is 18.6 Å². The van der Waals surface area contributed by atoms with E-state index in [1.54, 1.807) is 0 Å². The van der Waals surface area contributed by atoms with Crippen LogP contribution in [0, 0.1) is 6.92 Å². The van der Waals surface area contributed by atoms with E-state index in [2.05, 4.69) is 32.5 Å². The quantitative estimate of drug-likeness (QED) is 0.751. The van der Waals surface area contributed by atoms with Gasteiger partial charge < -0.3 is 9.47 Å². The number of hydrogen-bond donors (Lipinski definition) is 0. The molecule has 2 aromatic heterocycles. The second-order valence-corrected chi connectivity index (χ2v) is 5.00. The molecule has 0 N–H and O–H groups in total. The molecular formula is C13H18N4. The van der Waals surface area contributed by atoms with E-state index in [9.17, 15) is 0 Å². The number of imidazole rings is 1. The van der Waals surface area contributed by atoms with Crippen molar-refractivity contribution in [2.45, 2.75) is 25.8 Å². The van der Waals surface area contributed by atoms with Crippen LogP contribution in [0.4, 0.5) is 0 Å².